The number of carbonyl (C=O) groups excluding carboxylic acids is 5. The number of nitrogens with one attached hydrogen (secondary N) is 5. The van der Waals surface area contributed by atoms with Crippen molar-refractivity contribution in [1.29, 1.82) is 0 Å². The average molecular weight is 664 g/mol. The highest BCUT2D eigenvalue weighted by Crippen LogP contribution is 2.17. The highest BCUT2D eigenvalue weighted by Gasteiger charge is 2.32. The molecule has 1 aromatic carbocycles. The normalized spacial score (nSPS) is 15.3. The number of rotatable bonds is 20. The van der Waals surface area contributed by atoms with Gasteiger partial charge in [0.05, 0.1) is 12.1 Å². The maximum absolute atomic E-state index is 13.4. The monoisotopic (exact) mass is 663 g/mol. The van der Waals surface area contributed by atoms with E-state index in [-0.39, 0.29) is 48.3 Å². The molecule has 0 radical (unpaired) electrons. The Hall–Kier alpha value is -3.12. The molecule has 0 aliphatic rings. The number of hydrogen-bond acceptors (Lipinski definition) is 7. The summed E-state index contributed by atoms with van der Waals surface area (Å²) in [5.41, 5.74) is 0.943. The second kappa shape index (κ2) is 20.9. The molecule has 46 heavy (non-hydrogen) atoms. The molecule has 6 N–H and O–H groups in total. The highest BCUT2D eigenvalue weighted by molar-refractivity contribution is 7.80. The Bertz CT molecular complexity index is 1120. The van der Waals surface area contributed by atoms with Crippen LogP contribution in [0.3, 0.4) is 0 Å². The topological polar surface area (TPSA) is 166 Å². The van der Waals surface area contributed by atoms with Crippen LogP contribution < -0.4 is 26.6 Å². The Labute approximate surface area is 280 Å². The summed E-state index contributed by atoms with van der Waals surface area (Å²) in [4.78, 5) is 64.3. The van der Waals surface area contributed by atoms with Gasteiger partial charge < -0.3 is 31.7 Å². The number of amides is 5. The largest absolute Gasteiger partial charge is 0.391 e. The van der Waals surface area contributed by atoms with Gasteiger partial charge in [0, 0.05) is 19.4 Å². The molecule has 0 heterocycles. The van der Waals surface area contributed by atoms with Crippen LogP contribution in [0.25, 0.3) is 0 Å². The molecular weight excluding hydrogens is 606 g/mol. The zero-order valence-electron chi connectivity index (χ0n) is 28.8. The Balaban J connectivity index is 2.94. The first kappa shape index (κ1) is 40.9. The Morgan fingerprint density at radius 1 is 0.717 bits per heavy atom. The van der Waals surface area contributed by atoms with Crippen molar-refractivity contribution in [3.05, 3.63) is 35.9 Å². The van der Waals surface area contributed by atoms with Gasteiger partial charge in [-0.2, -0.15) is 12.6 Å². The van der Waals surface area contributed by atoms with Gasteiger partial charge in [-0.1, -0.05) is 78.8 Å². The van der Waals surface area contributed by atoms with E-state index in [0.717, 1.165) is 5.56 Å². The molecule has 5 amide bonds. The lowest BCUT2D eigenvalue weighted by Gasteiger charge is -2.30. The first-order valence-electron chi connectivity index (χ1n) is 16.3. The molecule has 6 atom stereocenters. The molecule has 0 spiro atoms. The van der Waals surface area contributed by atoms with Crippen molar-refractivity contribution in [2.45, 2.75) is 118 Å². The lowest BCUT2D eigenvalue weighted by atomic mass is 9.91. The van der Waals surface area contributed by atoms with E-state index < -0.39 is 48.0 Å². The van der Waals surface area contributed by atoms with Gasteiger partial charge in [-0.05, 0) is 54.8 Å². The van der Waals surface area contributed by atoms with Gasteiger partial charge in [-0.15, -0.1) is 0 Å². The first-order valence-corrected chi connectivity index (χ1v) is 17.0. The van der Waals surface area contributed by atoms with Crippen LogP contribution in [0.1, 0.15) is 86.6 Å². The molecule has 0 aliphatic heterocycles. The number of aliphatic hydroxyl groups excluding tert-OH is 1. The van der Waals surface area contributed by atoms with Crippen LogP contribution in [-0.4, -0.2) is 70.7 Å². The number of thiol groups is 1. The summed E-state index contributed by atoms with van der Waals surface area (Å²) in [5.74, 6) is -2.25. The Morgan fingerprint density at radius 3 is 1.83 bits per heavy atom. The fourth-order valence-electron chi connectivity index (χ4n) is 5.08. The molecule has 0 aliphatic carbocycles. The summed E-state index contributed by atoms with van der Waals surface area (Å²) in [5, 5.41) is 25.3. The number of benzene rings is 1. The number of aliphatic hydroxyl groups is 1. The van der Waals surface area contributed by atoms with Crippen LogP contribution in [0.5, 0.6) is 0 Å². The number of carbonyl (C=O) groups is 5. The van der Waals surface area contributed by atoms with E-state index in [4.69, 9.17) is 0 Å². The fourth-order valence-corrected chi connectivity index (χ4v) is 5.34. The molecular formula is C34H57N5O6S. The summed E-state index contributed by atoms with van der Waals surface area (Å²) in [6.45, 7) is 14.8. The fraction of sp³-hybridized carbons (Fsp3) is 0.676. The van der Waals surface area contributed by atoms with Crippen LogP contribution in [0.4, 0.5) is 0 Å². The molecule has 1 aromatic rings. The summed E-state index contributed by atoms with van der Waals surface area (Å²) in [7, 11) is 0. The van der Waals surface area contributed by atoms with Gasteiger partial charge in [0.15, 0.2) is 0 Å². The van der Waals surface area contributed by atoms with Crippen molar-refractivity contribution in [2.24, 2.45) is 23.7 Å². The third-order valence-electron chi connectivity index (χ3n) is 7.57. The molecule has 1 rings (SSSR count). The summed E-state index contributed by atoms with van der Waals surface area (Å²) in [6.07, 6.45) is 0.0455. The molecule has 260 valence electrons. The Kier molecular flexibility index (Phi) is 18.6. The van der Waals surface area contributed by atoms with Gasteiger partial charge in [0.1, 0.15) is 18.1 Å². The van der Waals surface area contributed by atoms with Crippen molar-refractivity contribution in [3.8, 4) is 0 Å². The van der Waals surface area contributed by atoms with Crippen LogP contribution >= 0.6 is 12.6 Å². The van der Waals surface area contributed by atoms with Crippen molar-refractivity contribution < 1.29 is 29.1 Å². The summed E-state index contributed by atoms with van der Waals surface area (Å²) in [6, 6.07) is 6.30. The molecule has 12 heteroatoms. The van der Waals surface area contributed by atoms with Crippen molar-refractivity contribution in [1.82, 2.24) is 26.6 Å². The van der Waals surface area contributed by atoms with E-state index in [2.05, 4.69) is 39.2 Å². The minimum Gasteiger partial charge on any atom is -0.391 e. The summed E-state index contributed by atoms with van der Waals surface area (Å²) >= 11 is 4.26. The van der Waals surface area contributed by atoms with E-state index in [0.29, 0.717) is 25.1 Å². The molecule has 0 saturated carbocycles. The van der Waals surface area contributed by atoms with Crippen LogP contribution in [0, 0.1) is 23.7 Å². The SMILES string of the molecule is CC(=O)N[C@@H](CC(C)C)C(=O)N[C@@H](CCS)C(=O)N[C@@H](CC(C)C)[C@@H](O)C[C@@H](C)C(=O)N[C@H](C(=O)NCc1ccccc1)C(C)C. The van der Waals surface area contributed by atoms with Gasteiger partial charge >= 0.3 is 0 Å². The average Bonchev–Trinajstić information content (AvgIpc) is 2.97. The predicted molar refractivity (Wildman–Crippen MR) is 184 cm³/mol. The van der Waals surface area contributed by atoms with Gasteiger partial charge in [-0.25, -0.2) is 0 Å². The highest BCUT2D eigenvalue weighted by atomic mass is 32.1. The van der Waals surface area contributed by atoms with Crippen LogP contribution in [0.2, 0.25) is 0 Å². The minimum absolute atomic E-state index is 0.0442. The second-order valence-corrected chi connectivity index (χ2v) is 13.8. The lowest BCUT2D eigenvalue weighted by Crippen LogP contribution is -2.56. The van der Waals surface area contributed by atoms with Crippen molar-refractivity contribution >= 4 is 42.2 Å². The van der Waals surface area contributed by atoms with E-state index >= 15 is 0 Å². The van der Waals surface area contributed by atoms with E-state index in [1.165, 1.54) is 6.92 Å². The number of hydrogen-bond donors (Lipinski definition) is 7. The third-order valence-corrected chi connectivity index (χ3v) is 7.83. The smallest absolute Gasteiger partial charge is 0.243 e. The van der Waals surface area contributed by atoms with Crippen LogP contribution in [0.15, 0.2) is 30.3 Å². The van der Waals surface area contributed by atoms with E-state index in [1.807, 2.05) is 71.9 Å². The maximum atomic E-state index is 13.4. The second-order valence-electron chi connectivity index (χ2n) is 13.3. The van der Waals surface area contributed by atoms with Crippen molar-refractivity contribution in [2.75, 3.05) is 5.75 Å². The predicted octanol–water partition coefficient (Wildman–Crippen LogP) is 2.72. The van der Waals surface area contributed by atoms with Gasteiger partial charge in [-0.3, -0.25) is 24.0 Å². The zero-order chi connectivity index (χ0) is 35.0. The molecule has 0 unspecified atom stereocenters. The lowest BCUT2D eigenvalue weighted by molar-refractivity contribution is -0.133. The standard InChI is InChI=1S/C34H57N5O6S/c1-20(2)16-27(38-32(43)26(14-15-46)37-33(44)28(17-21(3)4)36-24(8)40)29(41)18-23(7)31(42)39-30(22(5)6)34(45)35-19-25-12-10-9-11-13-25/h9-13,20-23,26-30,41,46H,14-19H2,1-8H3,(H,35,45)(H,36,40)(H,37,44)(H,38,43)(H,39,42)/t23-,26+,27+,28+,29+,30+/m1/s1. The molecule has 0 aromatic heterocycles. The van der Waals surface area contributed by atoms with Gasteiger partial charge in [0.2, 0.25) is 29.5 Å². The first-order chi connectivity index (χ1) is 21.5. The molecule has 11 nitrogen and oxygen atoms in total. The van der Waals surface area contributed by atoms with Gasteiger partial charge in [0.25, 0.3) is 0 Å². The third kappa shape index (κ3) is 15.4. The van der Waals surface area contributed by atoms with E-state index in [1.54, 1.807) is 6.92 Å². The Morgan fingerprint density at radius 2 is 1.30 bits per heavy atom. The molecule has 0 saturated heterocycles. The zero-order valence-corrected chi connectivity index (χ0v) is 29.7. The maximum Gasteiger partial charge on any atom is 0.243 e. The summed E-state index contributed by atoms with van der Waals surface area (Å²) < 4.78 is 0. The molecule has 0 fully saturated rings. The van der Waals surface area contributed by atoms with Crippen molar-refractivity contribution in [3.63, 3.8) is 0 Å². The van der Waals surface area contributed by atoms with E-state index in [9.17, 15) is 29.1 Å². The van der Waals surface area contributed by atoms with Crippen LogP contribution in [-0.2, 0) is 30.5 Å². The quantitative estimate of drug-likeness (QED) is 0.106. The molecule has 0 bridgehead atoms. The minimum atomic E-state index is -1.07.